The highest BCUT2D eigenvalue weighted by Crippen LogP contribution is 2.20. The van der Waals surface area contributed by atoms with Crippen LogP contribution in [0.25, 0.3) is 0 Å². The van der Waals surface area contributed by atoms with Gasteiger partial charge in [-0.3, -0.25) is 0 Å². The molecule has 1 nitrogen and oxygen atoms in total. The van der Waals surface area contributed by atoms with E-state index in [1.807, 2.05) is 0 Å². The molecule has 0 heterocycles. The topological polar surface area (TPSA) is 0 Å². The Morgan fingerprint density at radius 1 is 0.412 bits per heavy atom. The van der Waals surface area contributed by atoms with Gasteiger partial charge in [-0.15, -0.1) is 0 Å². The van der Waals surface area contributed by atoms with Crippen molar-refractivity contribution in [3.05, 3.63) is 35.9 Å². The minimum absolute atomic E-state index is 1.22. The quantitative estimate of drug-likeness (QED) is 0.0980. The number of quaternary nitrogens is 1. The molecule has 0 unspecified atom stereocenters. The molecule has 1 aromatic carbocycles. The minimum Gasteiger partial charge on any atom is -0.320 e. The minimum atomic E-state index is 1.22. The van der Waals surface area contributed by atoms with Crippen LogP contribution in [0, 0.1) is 0 Å². The van der Waals surface area contributed by atoms with Gasteiger partial charge in [-0.05, 0) is 25.7 Å². The molecule has 0 saturated carbocycles. The highest BCUT2D eigenvalue weighted by atomic mass is 15.3. The van der Waals surface area contributed by atoms with E-state index in [2.05, 4.69) is 51.1 Å². The van der Waals surface area contributed by atoms with Gasteiger partial charge in [-0.1, -0.05) is 154 Å². The molecule has 0 aliphatic heterocycles. The molecule has 198 valence electrons. The maximum atomic E-state index is 2.36. The second kappa shape index (κ2) is 22.6. The van der Waals surface area contributed by atoms with Gasteiger partial charge in [-0.2, -0.15) is 0 Å². The van der Waals surface area contributed by atoms with Crippen LogP contribution in [0.2, 0.25) is 0 Å². The van der Waals surface area contributed by atoms with Crippen LogP contribution in [-0.2, 0) is 6.54 Å². The average Bonchev–Trinajstić information content (AvgIpc) is 2.84. The van der Waals surface area contributed by atoms with Crippen LogP contribution < -0.4 is 0 Å². The van der Waals surface area contributed by atoms with Gasteiger partial charge in [0.2, 0.25) is 0 Å². The van der Waals surface area contributed by atoms with Gasteiger partial charge in [0, 0.05) is 5.56 Å². The van der Waals surface area contributed by atoms with Crippen molar-refractivity contribution in [1.29, 1.82) is 0 Å². The molecule has 0 atom stereocenters. The van der Waals surface area contributed by atoms with E-state index in [4.69, 9.17) is 0 Å². The fraction of sp³-hybridized carbons (Fsp3) is 0.818. The molecule has 0 fully saturated rings. The molecule has 34 heavy (non-hydrogen) atoms. The van der Waals surface area contributed by atoms with E-state index in [1.54, 1.807) is 0 Å². The Balaban J connectivity index is 2.01. The molecule has 1 aromatic rings. The van der Waals surface area contributed by atoms with E-state index >= 15 is 0 Å². The summed E-state index contributed by atoms with van der Waals surface area (Å²) in [6.45, 7) is 12.3. The van der Waals surface area contributed by atoms with Crippen LogP contribution in [-0.4, -0.2) is 24.1 Å². The molecule has 0 saturated heterocycles. The third-order valence-electron chi connectivity index (χ3n) is 7.74. The first-order valence-corrected chi connectivity index (χ1v) is 15.7. The van der Waals surface area contributed by atoms with E-state index in [9.17, 15) is 0 Å². The molecule has 0 amide bonds. The Morgan fingerprint density at radius 2 is 0.794 bits per heavy atom. The normalized spacial score (nSPS) is 11.9. The summed E-state index contributed by atoms with van der Waals surface area (Å²) in [5, 5.41) is 0. The summed E-state index contributed by atoms with van der Waals surface area (Å²) in [6, 6.07) is 11.2. The van der Waals surface area contributed by atoms with Crippen LogP contribution in [0.3, 0.4) is 0 Å². The van der Waals surface area contributed by atoms with Crippen molar-refractivity contribution in [2.75, 3.05) is 19.6 Å². The van der Waals surface area contributed by atoms with Gasteiger partial charge in [-0.25, -0.2) is 0 Å². The van der Waals surface area contributed by atoms with Crippen LogP contribution >= 0.6 is 0 Å². The SMILES string of the molecule is CCCCCCCCCCCCCCCCCCCC[N+](CCC)(CCC)Cc1ccccc1. The number of hydrogen-bond donors (Lipinski definition) is 0. The summed E-state index contributed by atoms with van der Waals surface area (Å²) in [4.78, 5) is 0. The lowest BCUT2D eigenvalue weighted by atomic mass is 10.0. The summed E-state index contributed by atoms with van der Waals surface area (Å²) >= 11 is 0. The van der Waals surface area contributed by atoms with E-state index in [0.29, 0.717) is 0 Å². The Morgan fingerprint density at radius 3 is 1.18 bits per heavy atom. The molecule has 0 bridgehead atoms. The van der Waals surface area contributed by atoms with Crippen molar-refractivity contribution >= 4 is 0 Å². The molecule has 0 aliphatic carbocycles. The lowest BCUT2D eigenvalue weighted by Crippen LogP contribution is -2.49. The Labute approximate surface area is 215 Å². The van der Waals surface area contributed by atoms with E-state index in [1.165, 1.54) is 165 Å². The lowest BCUT2D eigenvalue weighted by Gasteiger charge is -2.39. The van der Waals surface area contributed by atoms with Crippen molar-refractivity contribution < 1.29 is 4.48 Å². The molecular weight excluding hydrogens is 410 g/mol. The zero-order valence-corrected chi connectivity index (χ0v) is 23.8. The Hall–Kier alpha value is -0.820. The van der Waals surface area contributed by atoms with Crippen LogP contribution in [0.4, 0.5) is 0 Å². The number of nitrogens with zero attached hydrogens (tertiary/aromatic N) is 1. The summed E-state index contributed by atoms with van der Waals surface area (Å²) in [7, 11) is 0. The van der Waals surface area contributed by atoms with Gasteiger partial charge in [0.1, 0.15) is 6.54 Å². The fourth-order valence-corrected chi connectivity index (χ4v) is 5.84. The second-order valence-corrected chi connectivity index (χ2v) is 11.2. The van der Waals surface area contributed by atoms with Gasteiger partial charge in [0.05, 0.1) is 19.6 Å². The molecule has 0 aliphatic rings. The maximum Gasteiger partial charge on any atom is 0.104 e. The molecule has 1 heteroatoms. The maximum absolute atomic E-state index is 2.36. The monoisotopic (exact) mass is 472 g/mol. The second-order valence-electron chi connectivity index (χ2n) is 11.2. The van der Waals surface area contributed by atoms with Gasteiger partial charge < -0.3 is 4.48 Å². The highest BCUT2D eigenvalue weighted by molar-refractivity contribution is 5.13. The number of rotatable bonds is 25. The van der Waals surface area contributed by atoms with Crippen molar-refractivity contribution in [2.24, 2.45) is 0 Å². The molecule has 0 spiro atoms. The first-order chi connectivity index (χ1) is 16.8. The molecule has 0 N–H and O–H groups in total. The third kappa shape index (κ3) is 16.7. The van der Waals surface area contributed by atoms with E-state index in [0.717, 1.165) is 0 Å². The van der Waals surface area contributed by atoms with Crippen molar-refractivity contribution in [3.8, 4) is 0 Å². The zero-order chi connectivity index (χ0) is 24.6. The molecule has 0 aromatic heterocycles. The molecule has 1 rings (SSSR count). The third-order valence-corrected chi connectivity index (χ3v) is 7.74. The summed E-state index contributed by atoms with van der Waals surface area (Å²) in [6.07, 6.45) is 28.8. The predicted octanol–water partition coefficient (Wildman–Crippen LogP) is 10.9. The highest BCUT2D eigenvalue weighted by Gasteiger charge is 2.25. The predicted molar refractivity (Wildman–Crippen MR) is 154 cm³/mol. The van der Waals surface area contributed by atoms with Crippen LogP contribution in [0.15, 0.2) is 30.3 Å². The smallest absolute Gasteiger partial charge is 0.104 e. The van der Waals surface area contributed by atoms with Gasteiger partial charge >= 0.3 is 0 Å². The number of benzene rings is 1. The van der Waals surface area contributed by atoms with E-state index < -0.39 is 0 Å². The zero-order valence-electron chi connectivity index (χ0n) is 23.8. The molecular formula is C33H62N+. The summed E-state index contributed by atoms with van der Waals surface area (Å²) in [5.41, 5.74) is 1.52. The first kappa shape index (κ1) is 31.2. The largest absolute Gasteiger partial charge is 0.320 e. The van der Waals surface area contributed by atoms with Gasteiger partial charge in [0.25, 0.3) is 0 Å². The Bertz CT molecular complexity index is 517. The van der Waals surface area contributed by atoms with Crippen molar-refractivity contribution in [2.45, 2.75) is 156 Å². The average molecular weight is 473 g/mol. The van der Waals surface area contributed by atoms with Crippen molar-refractivity contribution in [3.63, 3.8) is 0 Å². The van der Waals surface area contributed by atoms with Gasteiger partial charge in [0.15, 0.2) is 0 Å². The van der Waals surface area contributed by atoms with E-state index in [-0.39, 0.29) is 0 Å². The van der Waals surface area contributed by atoms with Crippen LogP contribution in [0.5, 0.6) is 0 Å². The lowest BCUT2D eigenvalue weighted by molar-refractivity contribution is -0.941. The summed E-state index contributed by atoms with van der Waals surface area (Å²) < 4.78 is 1.30. The summed E-state index contributed by atoms with van der Waals surface area (Å²) in [5.74, 6) is 0. The Kier molecular flexibility index (Phi) is 20.8. The van der Waals surface area contributed by atoms with Crippen LogP contribution in [0.1, 0.15) is 155 Å². The molecule has 0 radical (unpaired) electrons. The van der Waals surface area contributed by atoms with Crippen molar-refractivity contribution in [1.82, 2.24) is 0 Å². The first-order valence-electron chi connectivity index (χ1n) is 15.7. The number of unbranched alkanes of at least 4 members (excludes halogenated alkanes) is 17. The fourth-order valence-electron chi connectivity index (χ4n) is 5.84. The number of hydrogen-bond acceptors (Lipinski definition) is 0. The standard InChI is InChI=1S/C33H62N/c1-4-7-8-9-10-11-12-13-14-15-16-17-18-19-20-21-22-26-31-34(29-5-2,30-6-3)32-33-27-24-23-25-28-33/h23-25,27-28H,4-22,26,29-32H2,1-3H3/q+1.